The summed E-state index contributed by atoms with van der Waals surface area (Å²) < 4.78 is 25.2. The van der Waals surface area contributed by atoms with E-state index in [0.29, 0.717) is 39.3 Å². The molecular weight excluding hydrogens is 576 g/mol. The quantitative estimate of drug-likeness (QED) is 0.299. The van der Waals surface area contributed by atoms with E-state index in [9.17, 15) is 0 Å². The average molecular weight is 635 g/mol. The summed E-state index contributed by atoms with van der Waals surface area (Å²) in [5, 5.41) is 0. The molecular formula is C38H58N4O4. The van der Waals surface area contributed by atoms with Crippen molar-refractivity contribution < 1.29 is 18.9 Å². The van der Waals surface area contributed by atoms with Crippen LogP contribution in [0.25, 0.3) is 0 Å². The third-order valence-corrected chi connectivity index (χ3v) is 9.75. The monoisotopic (exact) mass is 634 g/mol. The van der Waals surface area contributed by atoms with E-state index in [2.05, 4.69) is 107 Å². The van der Waals surface area contributed by atoms with Gasteiger partial charge in [0.05, 0.1) is 24.2 Å². The molecule has 1 aromatic carbocycles. The van der Waals surface area contributed by atoms with E-state index in [1.807, 2.05) is 0 Å². The van der Waals surface area contributed by atoms with Gasteiger partial charge in [0, 0.05) is 0 Å². The highest BCUT2D eigenvalue weighted by Gasteiger charge is 2.41. The number of hydrogen-bond donors (Lipinski definition) is 0. The molecule has 0 N–H and O–H groups in total. The van der Waals surface area contributed by atoms with E-state index in [4.69, 9.17) is 38.9 Å². The summed E-state index contributed by atoms with van der Waals surface area (Å²) >= 11 is 0. The van der Waals surface area contributed by atoms with Crippen LogP contribution in [0, 0.1) is 33.5 Å². The standard InChI is InChI=1S/C38H58N4O4/c1-35(2,3)27-19-43-31(39-27)25(32-40-28(20-44-32)36(4,5)6)17-23-14-13-15-24(16-23)18-26(33-41-29(21-45-33)37(7,8)9)34-42-30(22-46-34)38(10,11)12/h13-16,25-30H,17-22H2,1-12H3/t27-,28-,29-,30-/m1/s1. The Kier molecular flexibility index (Phi) is 9.44. The number of ether oxygens (including phenoxy) is 4. The number of benzene rings is 1. The van der Waals surface area contributed by atoms with Gasteiger partial charge in [0.2, 0.25) is 0 Å². The van der Waals surface area contributed by atoms with Crippen LogP contribution >= 0.6 is 0 Å². The van der Waals surface area contributed by atoms with Crippen molar-refractivity contribution in [1.29, 1.82) is 0 Å². The van der Waals surface area contributed by atoms with Crippen LogP contribution in [0.4, 0.5) is 0 Å². The molecule has 0 saturated heterocycles. The number of hydrogen-bond acceptors (Lipinski definition) is 8. The Morgan fingerprint density at radius 1 is 0.500 bits per heavy atom. The SMILES string of the molecule is CC(C)(C)[C@H]1COC(C(Cc2cccc(CC(C3=N[C@@H](C(C)(C)C)CO3)C3=N[C@@H](C(C)(C)C)CO3)c2)C2=N[C@@H](C(C)(C)C)CO2)=N1. The van der Waals surface area contributed by atoms with Crippen LogP contribution in [0.15, 0.2) is 44.2 Å². The summed E-state index contributed by atoms with van der Waals surface area (Å²) in [5.41, 5.74) is 2.42. The molecule has 0 saturated carbocycles. The first-order chi connectivity index (χ1) is 21.3. The lowest BCUT2D eigenvalue weighted by molar-refractivity contribution is 0.221. The zero-order chi connectivity index (χ0) is 33.7. The first-order valence-corrected chi connectivity index (χ1v) is 17.2. The molecule has 4 aliphatic rings. The van der Waals surface area contributed by atoms with Crippen LogP contribution in [0.1, 0.15) is 94.2 Å². The first-order valence-electron chi connectivity index (χ1n) is 17.2. The maximum absolute atomic E-state index is 6.29. The Hall–Kier alpha value is -2.90. The van der Waals surface area contributed by atoms with Crippen molar-refractivity contribution in [2.45, 2.75) is 120 Å². The molecule has 0 unspecified atom stereocenters. The van der Waals surface area contributed by atoms with Crippen LogP contribution in [-0.4, -0.2) is 74.2 Å². The molecule has 8 heteroatoms. The van der Waals surface area contributed by atoms with E-state index < -0.39 is 0 Å². The Morgan fingerprint density at radius 2 is 0.761 bits per heavy atom. The minimum atomic E-state index is -0.170. The molecule has 1 aromatic rings. The van der Waals surface area contributed by atoms with Crippen molar-refractivity contribution in [3.63, 3.8) is 0 Å². The van der Waals surface area contributed by atoms with Crippen LogP contribution in [-0.2, 0) is 31.8 Å². The molecule has 0 amide bonds. The molecule has 4 aliphatic heterocycles. The molecule has 0 aromatic heterocycles. The molecule has 46 heavy (non-hydrogen) atoms. The molecule has 4 heterocycles. The third kappa shape index (κ3) is 7.96. The van der Waals surface area contributed by atoms with Crippen LogP contribution in [0.2, 0.25) is 0 Å². The summed E-state index contributed by atoms with van der Waals surface area (Å²) in [6, 6.07) is 9.18. The Balaban J connectivity index is 1.44. The fraction of sp³-hybridized carbons (Fsp3) is 0.737. The topological polar surface area (TPSA) is 86.4 Å². The number of rotatable bonds is 8. The maximum Gasteiger partial charge on any atom is 0.196 e. The van der Waals surface area contributed by atoms with Gasteiger partial charge in [-0.15, -0.1) is 0 Å². The predicted octanol–water partition coefficient (Wildman–Crippen LogP) is 7.38. The van der Waals surface area contributed by atoms with E-state index in [-0.39, 0.29) is 57.7 Å². The Bertz CT molecular complexity index is 1200. The zero-order valence-corrected chi connectivity index (χ0v) is 30.4. The van der Waals surface area contributed by atoms with Crippen LogP contribution < -0.4 is 0 Å². The maximum atomic E-state index is 6.29. The summed E-state index contributed by atoms with van der Waals surface area (Å²) in [6.07, 6.45) is 1.38. The van der Waals surface area contributed by atoms with Gasteiger partial charge in [0.1, 0.15) is 38.3 Å². The first kappa shape index (κ1) is 34.4. The molecule has 0 bridgehead atoms. The molecule has 0 fully saturated rings. The molecule has 4 atom stereocenters. The van der Waals surface area contributed by atoms with Gasteiger partial charge in [-0.05, 0) is 45.6 Å². The van der Waals surface area contributed by atoms with Crippen molar-refractivity contribution in [1.82, 2.24) is 0 Å². The highest BCUT2D eigenvalue weighted by atomic mass is 16.5. The minimum absolute atomic E-state index is 0.0154. The van der Waals surface area contributed by atoms with Crippen molar-refractivity contribution in [3.8, 4) is 0 Å². The molecule has 0 aliphatic carbocycles. The molecule has 8 nitrogen and oxygen atoms in total. The molecule has 0 spiro atoms. The van der Waals surface area contributed by atoms with E-state index in [1.165, 1.54) is 11.1 Å². The van der Waals surface area contributed by atoms with Crippen LogP contribution in [0.5, 0.6) is 0 Å². The second-order valence-corrected chi connectivity index (χ2v) is 18.0. The molecule has 5 rings (SSSR count). The van der Waals surface area contributed by atoms with Gasteiger partial charge in [-0.25, -0.2) is 20.0 Å². The van der Waals surface area contributed by atoms with E-state index in [1.54, 1.807) is 0 Å². The van der Waals surface area contributed by atoms with Crippen molar-refractivity contribution >= 4 is 23.6 Å². The predicted molar refractivity (Wildman–Crippen MR) is 187 cm³/mol. The highest BCUT2D eigenvalue weighted by molar-refractivity contribution is 6.02. The van der Waals surface area contributed by atoms with Crippen LogP contribution in [0.3, 0.4) is 0 Å². The van der Waals surface area contributed by atoms with Gasteiger partial charge in [-0.2, -0.15) is 0 Å². The number of aliphatic imine (C=N–C) groups is 4. The fourth-order valence-electron chi connectivity index (χ4n) is 6.02. The van der Waals surface area contributed by atoms with Gasteiger partial charge in [-0.1, -0.05) is 107 Å². The zero-order valence-electron chi connectivity index (χ0n) is 30.4. The lowest BCUT2D eigenvalue weighted by Gasteiger charge is -2.22. The highest BCUT2D eigenvalue weighted by Crippen LogP contribution is 2.34. The normalized spacial score (nSPS) is 25.5. The van der Waals surface area contributed by atoms with Gasteiger partial charge in [0.15, 0.2) is 23.6 Å². The summed E-state index contributed by atoms with van der Waals surface area (Å²) in [7, 11) is 0. The largest absolute Gasteiger partial charge is 0.478 e. The van der Waals surface area contributed by atoms with E-state index in [0.717, 1.165) is 23.6 Å². The van der Waals surface area contributed by atoms with Gasteiger partial charge in [-0.3, -0.25) is 0 Å². The van der Waals surface area contributed by atoms with Gasteiger partial charge >= 0.3 is 0 Å². The van der Waals surface area contributed by atoms with Gasteiger partial charge in [0.25, 0.3) is 0 Å². The third-order valence-electron chi connectivity index (χ3n) is 9.75. The number of nitrogens with zero attached hydrogens (tertiary/aromatic N) is 4. The van der Waals surface area contributed by atoms with Crippen molar-refractivity contribution in [3.05, 3.63) is 35.4 Å². The smallest absolute Gasteiger partial charge is 0.196 e. The summed E-state index contributed by atoms with van der Waals surface area (Å²) in [4.78, 5) is 20.3. The van der Waals surface area contributed by atoms with Crippen molar-refractivity contribution in [2.24, 2.45) is 53.5 Å². The fourth-order valence-corrected chi connectivity index (χ4v) is 6.02. The Morgan fingerprint density at radius 3 is 0.978 bits per heavy atom. The minimum Gasteiger partial charge on any atom is -0.478 e. The van der Waals surface area contributed by atoms with E-state index >= 15 is 0 Å². The average Bonchev–Trinajstić information content (AvgIpc) is 3.75. The lowest BCUT2D eigenvalue weighted by Crippen LogP contribution is -2.28. The van der Waals surface area contributed by atoms with Crippen molar-refractivity contribution in [2.75, 3.05) is 26.4 Å². The Labute approximate surface area is 277 Å². The lowest BCUT2D eigenvalue weighted by atomic mass is 9.88. The second-order valence-electron chi connectivity index (χ2n) is 18.0. The summed E-state index contributed by atoms with van der Waals surface area (Å²) in [5.74, 6) is 2.60. The summed E-state index contributed by atoms with van der Waals surface area (Å²) in [6.45, 7) is 28.9. The molecule has 0 radical (unpaired) electrons. The molecule has 254 valence electrons. The van der Waals surface area contributed by atoms with Gasteiger partial charge < -0.3 is 18.9 Å². The second kappa shape index (κ2) is 12.6.